The van der Waals surface area contributed by atoms with E-state index in [-0.39, 0.29) is 0 Å². The molecule has 1 N–H and O–H groups in total. The van der Waals surface area contributed by atoms with Crippen LogP contribution in [0.4, 0.5) is 0 Å². The lowest BCUT2D eigenvalue weighted by molar-refractivity contribution is 0.300. The summed E-state index contributed by atoms with van der Waals surface area (Å²) in [7, 11) is 3.85. The third kappa shape index (κ3) is 3.11. The third-order valence-corrected chi connectivity index (χ3v) is 2.97. The maximum absolute atomic E-state index is 5.68. The molecule has 1 aromatic heterocycles. The lowest BCUT2D eigenvalue weighted by Gasteiger charge is -2.11. The summed E-state index contributed by atoms with van der Waals surface area (Å²) in [5.74, 6) is 0.868. The monoisotopic (exact) mass is 245 g/mol. The highest BCUT2D eigenvalue weighted by Crippen LogP contribution is 2.17. The molecule has 1 atom stereocenters. The van der Waals surface area contributed by atoms with Crippen molar-refractivity contribution in [3.8, 4) is 5.75 Å². The summed E-state index contributed by atoms with van der Waals surface area (Å²) < 4.78 is 7.45. The molecular weight excluding hydrogens is 226 g/mol. The van der Waals surface area contributed by atoms with Crippen LogP contribution in [0.15, 0.2) is 36.5 Å². The molecule has 0 aliphatic heterocycles. The van der Waals surface area contributed by atoms with E-state index in [4.69, 9.17) is 4.74 Å². The van der Waals surface area contributed by atoms with E-state index in [1.54, 1.807) is 4.68 Å². The van der Waals surface area contributed by atoms with E-state index in [0.717, 1.165) is 11.4 Å². The predicted molar refractivity (Wildman–Crippen MR) is 71.5 cm³/mol. The van der Waals surface area contributed by atoms with Crippen molar-refractivity contribution in [3.05, 3.63) is 47.8 Å². The van der Waals surface area contributed by atoms with Crippen LogP contribution in [0.2, 0.25) is 0 Å². The summed E-state index contributed by atoms with van der Waals surface area (Å²) in [6.45, 7) is 2.63. The molecule has 0 spiro atoms. The number of rotatable bonds is 5. The number of aryl methyl sites for hydroxylation is 1. The summed E-state index contributed by atoms with van der Waals surface area (Å²) in [5.41, 5.74) is 2.19. The summed E-state index contributed by atoms with van der Waals surface area (Å²) in [6, 6.07) is 10.5. The highest BCUT2D eigenvalue weighted by atomic mass is 16.5. The Morgan fingerprint density at radius 1 is 1.28 bits per heavy atom. The van der Waals surface area contributed by atoms with Crippen molar-refractivity contribution in [3.63, 3.8) is 0 Å². The van der Waals surface area contributed by atoms with Crippen LogP contribution in [0.25, 0.3) is 0 Å². The zero-order valence-electron chi connectivity index (χ0n) is 11.1. The molecule has 18 heavy (non-hydrogen) atoms. The van der Waals surface area contributed by atoms with Crippen LogP contribution in [0.3, 0.4) is 0 Å². The zero-order chi connectivity index (χ0) is 13.0. The molecule has 0 aliphatic rings. The zero-order valence-corrected chi connectivity index (χ0v) is 11.1. The average Bonchev–Trinajstić information content (AvgIpc) is 2.82. The number of nitrogens with zero attached hydrogens (tertiary/aromatic N) is 2. The van der Waals surface area contributed by atoms with Crippen LogP contribution in [-0.2, 0) is 13.7 Å². The number of nitrogens with one attached hydrogen (secondary N) is 1. The number of ether oxygens (including phenoxy) is 1. The van der Waals surface area contributed by atoms with Crippen molar-refractivity contribution in [1.29, 1.82) is 0 Å². The molecule has 0 saturated carbocycles. The van der Waals surface area contributed by atoms with Gasteiger partial charge in [-0.25, -0.2) is 0 Å². The van der Waals surface area contributed by atoms with Crippen molar-refractivity contribution < 1.29 is 4.74 Å². The summed E-state index contributed by atoms with van der Waals surface area (Å²) in [6.07, 6.45) is 1.91. The van der Waals surface area contributed by atoms with E-state index >= 15 is 0 Å². The second-order valence-corrected chi connectivity index (χ2v) is 4.35. The maximum atomic E-state index is 5.68. The molecule has 4 nitrogen and oxygen atoms in total. The molecule has 0 amide bonds. The number of hydrogen-bond donors (Lipinski definition) is 1. The Morgan fingerprint density at radius 3 is 2.56 bits per heavy atom. The van der Waals surface area contributed by atoms with Crippen LogP contribution in [0.1, 0.15) is 24.2 Å². The van der Waals surface area contributed by atoms with Gasteiger partial charge in [-0.1, -0.05) is 12.1 Å². The molecule has 1 unspecified atom stereocenters. The topological polar surface area (TPSA) is 39.1 Å². The standard InChI is InChI=1S/C14H19N3O/c1-11(15-2)12-4-6-14(7-5-12)18-10-13-8-9-17(3)16-13/h4-9,11,15H,10H2,1-3H3. The van der Waals surface area contributed by atoms with E-state index in [2.05, 4.69) is 29.5 Å². The minimum Gasteiger partial charge on any atom is -0.487 e. The molecule has 2 aromatic rings. The van der Waals surface area contributed by atoms with Gasteiger partial charge in [-0.05, 0) is 37.7 Å². The van der Waals surface area contributed by atoms with Crippen LogP contribution in [0, 0.1) is 0 Å². The second kappa shape index (κ2) is 5.69. The third-order valence-electron chi connectivity index (χ3n) is 2.97. The van der Waals surface area contributed by atoms with Crippen molar-refractivity contribution in [2.24, 2.45) is 7.05 Å². The number of benzene rings is 1. The van der Waals surface area contributed by atoms with Crippen molar-refractivity contribution in [2.45, 2.75) is 19.6 Å². The molecule has 0 radical (unpaired) electrons. The van der Waals surface area contributed by atoms with Gasteiger partial charge in [0.15, 0.2) is 0 Å². The summed E-state index contributed by atoms with van der Waals surface area (Å²) in [5, 5.41) is 7.47. The van der Waals surface area contributed by atoms with Gasteiger partial charge >= 0.3 is 0 Å². The normalized spacial score (nSPS) is 12.4. The number of hydrogen-bond acceptors (Lipinski definition) is 3. The van der Waals surface area contributed by atoms with E-state index in [9.17, 15) is 0 Å². The first kappa shape index (κ1) is 12.6. The molecule has 0 bridgehead atoms. The molecule has 1 heterocycles. The number of aromatic nitrogens is 2. The van der Waals surface area contributed by atoms with Crippen LogP contribution in [0.5, 0.6) is 5.75 Å². The first-order chi connectivity index (χ1) is 8.69. The highest BCUT2D eigenvalue weighted by Gasteiger charge is 2.03. The van der Waals surface area contributed by atoms with Crippen molar-refractivity contribution in [2.75, 3.05) is 7.05 Å². The molecule has 0 aliphatic carbocycles. The largest absolute Gasteiger partial charge is 0.487 e. The van der Waals surface area contributed by atoms with Crippen molar-refractivity contribution >= 4 is 0 Å². The Bertz CT molecular complexity index is 490. The molecule has 0 fully saturated rings. The van der Waals surface area contributed by atoms with Crippen LogP contribution in [-0.4, -0.2) is 16.8 Å². The SMILES string of the molecule is CNC(C)c1ccc(OCc2ccn(C)n2)cc1. The Morgan fingerprint density at radius 2 is 2.00 bits per heavy atom. The lowest BCUT2D eigenvalue weighted by Crippen LogP contribution is -2.11. The molecule has 4 heteroatoms. The molecular formula is C14H19N3O. The fraction of sp³-hybridized carbons (Fsp3) is 0.357. The average molecular weight is 245 g/mol. The van der Waals surface area contributed by atoms with Crippen LogP contribution >= 0.6 is 0 Å². The van der Waals surface area contributed by atoms with Gasteiger partial charge in [0.05, 0.1) is 5.69 Å². The fourth-order valence-corrected chi connectivity index (χ4v) is 1.72. The molecule has 0 saturated heterocycles. The highest BCUT2D eigenvalue weighted by molar-refractivity contribution is 5.29. The predicted octanol–water partition coefficient (Wildman–Crippen LogP) is 2.28. The Hall–Kier alpha value is -1.81. The summed E-state index contributed by atoms with van der Waals surface area (Å²) >= 11 is 0. The van der Waals surface area contributed by atoms with E-state index in [0.29, 0.717) is 12.6 Å². The van der Waals surface area contributed by atoms with Gasteiger partial charge in [0.2, 0.25) is 0 Å². The molecule has 1 aromatic carbocycles. The molecule has 2 rings (SSSR count). The van der Waals surface area contributed by atoms with E-state index in [1.165, 1.54) is 5.56 Å². The maximum Gasteiger partial charge on any atom is 0.132 e. The van der Waals surface area contributed by atoms with Crippen LogP contribution < -0.4 is 10.1 Å². The van der Waals surface area contributed by atoms with Gasteiger partial charge in [-0.2, -0.15) is 5.10 Å². The van der Waals surface area contributed by atoms with Gasteiger partial charge in [0.1, 0.15) is 12.4 Å². The second-order valence-electron chi connectivity index (χ2n) is 4.35. The van der Waals surface area contributed by atoms with Gasteiger partial charge in [0, 0.05) is 19.3 Å². The van der Waals surface area contributed by atoms with E-state index < -0.39 is 0 Å². The molecule has 96 valence electrons. The minimum atomic E-state index is 0.356. The Kier molecular flexibility index (Phi) is 3.99. The van der Waals surface area contributed by atoms with Gasteiger partial charge in [-0.15, -0.1) is 0 Å². The van der Waals surface area contributed by atoms with Crippen molar-refractivity contribution in [1.82, 2.24) is 15.1 Å². The Labute approximate surface area is 108 Å². The lowest BCUT2D eigenvalue weighted by atomic mass is 10.1. The van der Waals surface area contributed by atoms with Gasteiger partial charge in [0.25, 0.3) is 0 Å². The summed E-state index contributed by atoms with van der Waals surface area (Å²) in [4.78, 5) is 0. The minimum absolute atomic E-state index is 0.356. The van der Waals surface area contributed by atoms with E-state index in [1.807, 2.05) is 38.5 Å². The Balaban J connectivity index is 1.94. The quantitative estimate of drug-likeness (QED) is 0.878. The first-order valence-corrected chi connectivity index (χ1v) is 6.07. The first-order valence-electron chi connectivity index (χ1n) is 6.07. The van der Waals surface area contributed by atoms with Gasteiger partial charge in [-0.3, -0.25) is 4.68 Å². The van der Waals surface area contributed by atoms with Gasteiger partial charge < -0.3 is 10.1 Å². The smallest absolute Gasteiger partial charge is 0.132 e. The fourth-order valence-electron chi connectivity index (χ4n) is 1.72.